The molecule has 0 aliphatic carbocycles. The third-order valence-electron chi connectivity index (χ3n) is 2.61. The summed E-state index contributed by atoms with van der Waals surface area (Å²) in [5.41, 5.74) is 0.991. The maximum absolute atomic E-state index is 10.1. The van der Waals surface area contributed by atoms with Crippen LogP contribution in [-0.2, 0) is 13.0 Å². The number of hydrogen-bond acceptors (Lipinski definition) is 3. The lowest BCUT2D eigenvalue weighted by atomic mass is 10.1. The summed E-state index contributed by atoms with van der Waals surface area (Å²) in [4.78, 5) is 4.31. The van der Waals surface area contributed by atoms with E-state index >= 15 is 0 Å². The molecule has 0 spiro atoms. The van der Waals surface area contributed by atoms with E-state index < -0.39 is 6.10 Å². The van der Waals surface area contributed by atoms with E-state index in [4.69, 9.17) is 0 Å². The number of hydrogen-bond donors (Lipinski definition) is 1. The first-order chi connectivity index (χ1) is 8.20. The molecule has 2 aromatic rings. The fourth-order valence-corrected chi connectivity index (χ4v) is 3.18. The highest BCUT2D eigenvalue weighted by molar-refractivity contribution is 14.1. The first-order valence-electron chi connectivity index (χ1n) is 5.62. The minimum absolute atomic E-state index is 0.451. The second-order valence-corrected chi connectivity index (χ2v) is 6.75. The van der Waals surface area contributed by atoms with Crippen LogP contribution in [0.1, 0.15) is 30.8 Å². The fraction of sp³-hybridized carbons (Fsp3) is 0.417. The number of thiophene rings is 1. The Bertz CT molecular complexity index is 480. The SMILES string of the molecule is CCCn1ccnc1CC(O)c1csc(I)c1. The van der Waals surface area contributed by atoms with Gasteiger partial charge in [0.25, 0.3) is 0 Å². The van der Waals surface area contributed by atoms with Crippen molar-refractivity contribution in [3.8, 4) is 0 Å². The molecule has 0 amide bonds. The summed E-state index contributed by atoms with van der Waals surface area (Å²) in [5.74, 6) is 0.959. The molecule has 1 N–H and O–H groups in total. The Hall–Kier alpha value is -0.400. The molecule has 92 valence electrons. The number of imidazole rings is 1. The quantitative estimate of drug-likeness (QED) is 0.830. The van der Waals surface area contributed by atoms with Crippen molar-refractivity contribution in [2.24, 2.45) is 0 Å². The van der Waals surface area contributed by atoms with Crippen molar-refractivity contribution < 1.29 is 5.11 Å². The molecule has 0 radical (unpaired) electrons. The molecule has 0 aromatic carbocycles. The van der Waals surface area contributed by atoms with E-state index in [0.717, 1.165) is 24.4 Å². The minimum Gasteiger partial charge on any atom is -0.388 e. The Morgan fingerprint density at radius 3 is 3.06 bits per heavy atom. The van der Waals surface area contributed by atoms with Crippen LogP contribution in [0.5, 0.6) is 0 Å². The zero-order valence-electron chi connectivity index (χ0n) is 9.64. The van der Waals surface area contributed by atoms with Gasteiger partial charge in [-0.15, -0.1) is 11.3 Å². The van der Waals surface area contributed by atoms with E-state index in [9.17, 15) is 5.11 Å². The maximum Gasteiger partial charge on any atom is 0.111 e. The standard InChI is InChI=1S/C12H15IN2OS/c1-2-4-15-5-3-14-12(15)7-10(16)9-6-11(13)17-8-9/h3,5-6,8,10,16H,2,4,7H2,1H3. The molecule has 2 aromatic heterocycles. The summed E-state index contributed by atoms with van der Waals surface area (Å²) in [6.45, 7) is 3.10. The fourth-order valence-electron chi connectivity index (χ4n) is 1.76. The minimum atomic E-state index is -0.451. The Morgan fingerprint density at radius 1 is 1.59 bits per heavy atom. The van der Waals surface area contributed by atoms with Gasteiger partial charge in [-0.05, 0) is 46.0 Å². The van der Waals surface area contributed by atoms with Gasteiger partial charge in [0.2, 0.25) is 0 Å². The number of halogens is 1. The predicted octanol–water partition coefficient (Wildman–Crippen LogP) is 3.24. The first-order valence-corrected chi connectivity index (χ1v) is 7.58. The summed E-state index contributed by atoms with van der Waals surface area (Å²) in [6.07, 6.45) is 4.99. The van der Waals surface area contributed by atoms with Crippen molar-refractivity contribution in [3.05, 3.63) is 38.1 Å². The summed E-state index contributed by atoms with van der Waals surface area (Å²) in [7, 11) is 0. The average molecular weight is 362 g/mol. The van der Waals surface area contributed by atoms with E-state index in [1.165, 1.54) is 2.88 Å². The van der Waals surface area contributed by atoms with Gasteiger partial charge in [-0.1, -0.05) is 6.92 Å². The molecule has 5 heteroatoms. The molecule has 0 aliphatic heterocycles. The number of aliphatic hydroxyl groups excluding tert-OH is 1. The molecule has 1 atom stereocenters. The lowest BCUT2D eigenvalue weighted by molar-refractivity contribution is 0.175. The normalized spacial score (nSPS) is 12.9. The van der Waals surface area contributed by atoms with Crippen LogP contribution in [0.2, 0.25) is 0 Å². The smallest absolute Gasteiger partial charge is 0.111 e. The molecule has 1 unspecified atom stereocenters. The van der Waals surface area contributed by atoms with Gasteiger partial charge < -0.3 is 9.67 Å². The van der Waals surface area contributed by atoms with E-state index in [-0.39, 0.29) is 0 Å². The molecule has 0 saturated carbocycles. The molecular weight excluding hydrogens is 347 g/mol. The largest absolute Gasteiger partial charge is 0.388 e. The Labute approximate surface area is 119 Å². The Kier molecular flexibility index (Phi) is 4.58. The lowest BCUT2D eigenvalue weighted by Gasteiger charge is -2.10. The Morgan fingerprint density at radius 2 is 2.41 bits per heavy atom. The predicted molar refractivity (Wildman–Crippen MR) is 78.2 cm³/mol. The molecule has 2 heterocycles. The number of aliphatic hydroxyl groups is 1. The van der Waals surface area contributed by atoms with Crippen LogP contribution in [0.4, 0.5) is 0 Å². The molecule has 17 heavy (non-hydrogen) atoms. The summed E-state index contributed by atoms with van der Waals surface area (Å²) < 4.78 is 3.31. The van der Waals surface area contributed by atoms with Crippen molar-refractivity contribution in [2.45, 2.75) is 32.4 Å². The maximum atomic E-state index is 10.1. The summed E-state index contributed by atoms with van der Waals surface area (Å²) in [6, 6.07) is 2.03. The molecule has 0 fully saturated rings. The van der Waals surface area contributed by atoms with Crippen molar-refractivity contribution in [3.63, 3.8) is 0 Å². The van der Waals surface area contributed by atoms with Gasteiger partial charge in [0.05, 0.1) is 8.99 Å². The van der Waals surface area contributed by atoms with Crippen molar-refractivity contribution in [1.82, 2.24) is 9.55 Å². The van der Waals surface area contributed by atoms with Gasteiger partial charge in [-0.25, -0.2) is 4.98 Å². The second-order valence-electron chi connectivity index (χ2n) is 3.94. The first kappa shape index (κ1) is 13.0. The zero-order chi connectivity index (χ0) is 12.3. The summed E-state index contributed by atoms with van der Waals surface area (Å²) >= 11 is 3.93. The molecule has 0 bridgehead atoms. The number of aromatic nitrogens is 2. The Balaban J connectivity index is 2.07. The molecular formula is C12H15IN2OS. The third kappa shape index (κ3) is 3.29. The van der Waals surface area contributed by atoms with Crippen LogP contribution in [-0.4, -0.2) is 14.7 Å². The van der Waals surface area contributed by atoms with E-state index in [1.54, 1.807) is 17.5 Å². The molecule has 2 rings (SSSR count). The van der Waals surface area contributed by atoms with Gasteiger partial charge in [-0.2, -0.15) is 0 Å². The van der Waals surface area contributed by atoms with Crippen LogP contribution >= 0.6 is 33.9 Å². The van der Waals surface area contributed by atoms with Crippen LogP contribution in [0.25, 0.3) is 0 Å². The van der Waals surface area contributed by atoms with Gasteiger partial charge in [0.15, 0.2) is 0 Å². The topological polar surface area (TPSA) is 38.0 Å². The molecule has 0 saturated heterocycles. The highest BCUT2D eigenvalue weighted by Gasteiger charge is 2.13. The van der Waals surface area contributed by atoms with Gasteiger partial charge in [0, 0.05) is 25.4 Å². The van der Waals surface area contributed by atoms with Crippen LogP contribution in [0.3, 0.4) is 0 Å². The number of nitrogens with zero attached hydrogens (tertiary/aromatic N) is 2. The van der Waals surface area contributed by atoms with Crippen LogP contribution in [0, 0.1) is 2.88 Å². The van der Waals surface area contributed by atoms with E-state index in [0.29, 0.717) is 6.42 Å². The monoisotopic (exact) mass is 362 g/mol. The zero-order valence-corrected chi connectivity index (χ0v) is 12.6. The van der Waals surface area contributed by atoms with E-state index in [2.05, 4.69) is 39.1 Å². The van der Waals surface area contributed by atoms with Gasteiger partial charge in [0.1, 0.15) is 5.82 Å². The van der Waals surface area contributed by atoms with Crippen LogP contribution < -0.4 is 0 Å². The third-order valence-corrected chi connectivity index (χ3v) is 4.42. The average Bonchev–Trinajstić information content (AvgIpc) is 2.89. The summed E-state index contributed by atoms with van der Waals surface area (Å²) in [5, 5.41) is 12.2. The highest BCUT2D eigenvalue weighted by atomic mass is 127. The second kappa shape index (κ2) is 5.97. The van der Waals surface area contributed by atoms with E-state index in [1.807, 2.05) is 17.6 Å². The van der Waals surface area contributed by atoms with Gasteiger partial charge in [-0.3, -0.25) is 0 Å². The van der Waals surface area contributed by atoms with Crippen molar-refractivity contribution in [1.29, 1.82) is 0 Å². The highest BCUT2D eigenvalue weighted by Crippen LogP contribution is 2.24. The number of aryl methyl sites for hydroxylation is 1. The van der Waals surface area contributed by atoms with Crippen molar-refractivity contribution in [2.75, 3.05) is 0 Å². The molecule has 3 nitrogen and oxygen atoms in total. The van der Waals surface area contributed by atoms with Crippen LogP contribution in [0.15, 0.2) is 23.8 Å². The molecule has 0 aliphatic rings. The van der Waals surface area contributed by atoms with Crippen molar-refractivity contribution >= 4 is 33.9 Å². The number of rotatable bonds is 5. The van der Waals surface area contributed by atoms with Gasteiger partial charge >= 0.3 is 0 Å². The lowest BCUT2D eigenvalue weighted by Crippen LogP contribution is -2.08.